The minimum atomic E-state index is -0.615. The van der Waals surface area contributed by atoms with Gasteiger partial charge in [0.15, 0.2) is 5.69 Å². The Bertz CT molecular complexity index is 319. The second-order valence-electron chi connectivity index (χ2n) is 2.36. The molecule has 0 aliphatic carbocycles. The van der Waals surface area contributed by atoms with E-state index in [9.17, 15) is 4.79 Å². The first-order chi connectivity index (χ1) is 5.57. The van der Waals surface area contributed by atoms with Gasteiger partial charge >= 0.3 is 0 Å². The van der Waals surface area contributed by atoms with Crippen LogP contribution in [-0.2, 0) is 13.5 Å². The maximum atomic E-state index is 10.8. The first-order valence-corrected chi connectivity index (χ1v) is 4.24. The maximum absolute atomic E-state index is 10.8. The van der Waals surface area contributed by atoms with Gasteiger partial charge in [0, 0.05) is 7.05 Å². The number of nitrogens with zero attached hydrogens (tertiary/aromatic N) is 2. The lowest BCUT2D eigenvalue weighted by Gasteiger charge is -1.94. The Morgan fingerprint density at radius 3 is 2.50 bits per heavy atom. The van der Waals surface area contributed by atoms with Crippen molar-refractivity contribution in [3.8, 4) is 0 Å². The van der Waals surface area contributed by atoms with Crippen LogP contribution in [0.4, 0.5) is 0 Å². The smallest absolute Gasteiger partial charge is 0.274 e. The molecule has 0 aliphatic rings. The van der Waals surface area contributed by atoms with Crippen LogP contribution in [0, 0.1) is 0 Å². The number of aromatic nitrogens is 2. The van der Waals surface area contributed by atoms with Crippen molar-refractivity contribution in [3.63, 3.8) is 0 Å². The summed E-state index contributed by atoms with van der Waals surface area (Å²) >= 11 is 11.1. The van der Waals surface area contributed by atoms with Gasteiger partial charge in [0.2, 0.25) is 0 Å². The zero-order valence-electron chi connectivity index (χ0n) is 6.77. The van der Waals surface area contributed by atoms with Gasteiger partial charge in [-0.2, -0.15) is 5.10 Å². The first-order valence-electron chi connectivity index (χ1n) is 3.49. The molecule has 3 nitrogen and oxygen atoms in total. The number of rotatable bonds is 2. The van der Waals surface area contributed by atoms with Crippen LogP contribution < -0.4 is 0 Å². The van der Waals surface area contributed by atoms with Gasteiger partial charge in [0.05, 0.1) is 10.7 Å². The fraction of sp³-hybridized carbons (Fsp3) is 0.429. The number of aryl methyl sites for hydroxylation is 1. The van der Waals surface area contributed by atoms with Crippen molar-refractivity contribution in [3.05, 3.63) is 16.4 Å². The zero-order valence-corrected chi connectivity index (χ0v) is 8.28. The third kappa shape index (κ3) is 1.47. The maximum Gasteiger partial charge on any atom is 0.274 e. The monoisotopic (exact) mass is 206 g/mol. The third-order valence-electron chi connectivity index (χ3n) is 1.62. The van der Waals surface area contributed by atoms with E-state index in [4.69, 9.17) is 23.2 Å². The molecule has 5 heteroatoms. The fourth-order valence-electron chi connectivity index (χ4n) is 1.04. The highest BCUT2D eigenvalue weighted by molar-refractivity contribution is 6.68. The molecule has 0 spiro atoms. The summed E-state index contributed by atoms with van der Waals surface area (Å²) < 4.78 is 1.57. The van der Waals surface area contributed by atoms with Gasteiger partial charge in [-0.3, -0.25) is 9.48 Å². The number of halogens is 2. The summed E-state index contributed by atoms with van der Waals surface area (Å²) in [6.07, 6.45) is 0.729. The average Bonchev–Trinajstić information content (AvgIpc) is 2.27. The molecule has 66 valence electrons. The van der Waals surface area contributed by atoms with Gasteiger partial charge in [-0.05, 0) is 18.0 Å². The summed E-state index contributed by atoms with van der Waals surface area (Å²) in [6.45, 7) is 1.94. The summed E-state index contributed by atoms with van der Waals surface area (Å²) in [4.78, 5) is 10.8. The van der Waals surface area contributed by atoms with Crippen molar-refractivity contribution in [2.45, 2.75) is 13.3 Å². The predicted octanol–water partition coefficient (Wildman–Crippen LogP) is 2.01. The van der Waals surface area contributed by atoms with E-state index in [0.717, 1.165) is 12.1 Å². The molecule has 0 amide bonds. The molecular formula is C7H8Cl2N2O. The highest BCUT2D eigenvalue weighted by Crippen LogP contribution is 2.21. The van der Waals surface area contributed by atoms with Crippen LogP contribution in [0.1, 0.15) is 23.1 Å². The van der Waals surface area contributed by atoms with Crippen molar-refractivity contribution in [1.29, 1.82) is 0 Å². The van der Waals surface area contributed by atoms with E-state index < -0.39 is 5.24 Å². The molecular weight excluding hydrogens is 199 g/mol. The second kappa shape index (κ2) is 3.46. The molecule has 0 aliphatic heterocycles. The number of carbonyl (C=O) groups excluding carboxylic acids is 1. The van der Waals surface area contributed by atoms with E-state index in [1.165, 1.54) is 0 Å². The molecule has 0 unspecified atom stereocenters. The molecule has 1 aromatic heterocycles. The van der Waals surface area contributed by atoms with E-state index in [1.807, 2.05) is 6.92 Å². The van der Waals surface area contributed by atoms with Gasteiger partial charge < -0.3 is 0 Å². The third-order valence-corrected chi connectivity index (χ3v) is 2.20. The van der Waals surface area contributed by atoms with Crippen molar-refractivity contribution >= 4 is 28.4 Å². The Labute approximate surface area is 80.3 Å². The second-order valence-corrected chi connectivity index (χ2v) is 3.08. The summed E-state index contributed by atoms with van der Waals surface area (Å²) in [6, 6.07) is 0. The van der Waals surface area contributed by atoms with Gasteiger partial charge in [-0.1, -0.05) is 18.5 Å². The van der Waals surface area contributed by atoms with Crippen LogP contribution in [0.15, 0.2) is 0 Å². The average molecular weight is 207 g/mol. The molecule has 0 radical (unpaired) electrons. The van der Waals surface area contributed by atoms with E-state index in [1.54, 1.807) is 11.7 Å². The summed E-state index contributed by atoms with van der Waals surface area (Å²) in [5.41, 5.74) is 0.957. The Morgan fingerprint density at radius 2 is 2.25 bits per heavy atom. The number of carbonyl (C=O) groups is 1. The molecule has 12 heavy (non-hydrogen) atoms. The molecule has 1 heterocycles. The largest absolute Gasteiger partial charge is 0.274 e. The molecule has 0 fully saturated rings. The Kier molecular flexibility index (Phi) is 2.75. The summed E-state index contributed by atoms with van der Waals surface area (Å²) in [5, 5.41) is 3.63. The Balaban J connectivity index is 3.26. The van der Waals surface area contributed by atoms with Gasteiger partial charge in [0.25, 0.3) is 5.24 Å². The lowest BCUT2D eigenvalue weighted by atomic mass is 10.3. The minimum absolute atomic E-state index is 0.137. The molecule has 1 aromatic rings. The van der Waals surface area contributed by atoms with Crippen LogP contribution in [0.25, 0.3) is 0 Å². The van der Waals surface area contributed by atoms with Crippen molar-refractivity contribution in [1.82, 2.24) is 9.78 Å². The van der Waals surface area contributed by atoms with Crippen molar-refractivity contribution < 1.29 is 4.79 Å². The van der Waals surface area contributed by atoms with Crippen LogP contribution in [0.5, 0.6) is 0 Å². The SMILES string of the molecule is CCc1c(Cl)c(C(=O)Cl)nn1C. The van der Waals surface area contributed by atoms with Gasteiger partial charge in [-0.25, -0.2) is 0 Å². The molecule has 0 saturated carbocycles. The number of hydrogen-bond donors (Lipinski definition) is 0. The molecule has 0 N–H and O–H groups in total. The molecule has 0 saturated heterocycles. The quantitative estimate of drug-likeness (QED) is 0.695. The number of hydrogen-bond acceptors (Lipinski definition) is 2. The molecule has 1 rings (SSSR count). The van der Waals surface area contributed by atoms with Gasteiger partial charge in [0.1, 0.15) is 0 Å². The Hall–Kier alpha value is -0.540. The fourth-order valence-corrected chi connectivity index (χ4v) is 1.60. The summed E-state index contributed by atoms with van der Waals surface area (Å²) in [5.74, 6) is 0. The summed E-state index contributed by atoms with van der Waals surface area (Å²) in [7, 11) is 1.73. The lowest BCUT2D eigenvalue weighted by Crippen LogP contribution is -1.97. The van der Waals surface area contributed by atoms with Crippen molar-refractivity contribution in [2.24, 2.45) is 7.05 Å². The van der Waals surface area contributed by atoms with Crippen LogP contribution in [0.2, 0.25) is 5.02 Å². The van der Waals surface area contributed by atoms with Crippen LogP contribution in [0.3, 0.4) is 0 Å². The van der Waals surface area contributed by atoms with Crippen LogP contribution >= 0.6 is 23.2 Å². The van der Waals surface area contributed by atoms with Crippen molar-refractivity contribution in [2.75, 3.05) is 0 Å². The molecule has 0 aromatic carbocycles. The van der Waals surface area contributed by atoms with Gasteiger partial charge in [-0.15, -0.1) is 0 Å². The standard InChI is InChI=1S/C7H8Cl2N2O/c1-3-4-5(8)6(7(9)12)10-11(4)2/h3H2,1-2H3. The topological polar surface area (TPSA) is 34.9 Å². The predicted molar refractivity (Wildman–Crippen MR) is 47.8 cm³/mol. The first kappa shape index (κ1) is 9.55. The molecule has 0 bridgehead atoms. The highest BCUT2D eigenvalue weighted by Gasteiger charge is 2.16. The minimum Gasteiger partial charge on any atom is -0.274 e. The van der Waals surface area contributed by atoms with E-state index in [0.29, 0.717) is 5.02 Å². The zero-order chi connectivity index (χ0) is 9.30. The van der Waals surface area contributed by atoms with E-state index in [2.05, 4.69) is 5.10 Å². The highest BCUT2D eigenvalue weighted by atomic mass is 35.5. The normalized spacial score (nSPS) is 10.3. The molecule has 0 atom stereocenters. The van der Waals surface area contributed by atoms with Crippen LogP contribution in [-0.4, -0.2) is 15.0 Å². The van der Waals surface area contributed by atoms with E-state index in [-0.39, 0.29) is 5.69 Å². The Morgan fingerprint density at radius 1 is 1.67 bits per heavy atom. The lowest BCUT2D eigenvalue weighted by molar-refractivity contribution is 0.107. The van der Waals surface area contributed by atoms with E-state index >= 15 is 0 Å².